The van der Waals surface area contributed by atoms with Gasteiger partial charge in [0.25, 0.3) is 0 Å². The van der Waals surface area contributed by atoms with Crippen LogP contribution in [0.15, 0.2) is 78.2 Å². The van der Waals surface area contributed by atoms with E-state index in [2.05, 4.69) is 20.9 Å². The number of fused-ring (bicyclic) bond motifs is 2. The number of rotatable bonds is 8. The SMILES string of the molecule is CC(=O)Nc1ccc(NC(=O)CSCc2csc(NC(=O)C3c4ccccc4Oc4ccccc43)n2)cc1. The largest absolute Gasteiger partial charge is 0.457 e. The average molecular weight is 545 g/mol. The lowest BCUT2D eigenvalue weighted by molar-refractivity contribution is -0.117. The second-order valence-electron chi connectivity index (χ2n) is 8.54. The molecule has 0 unspecified atom stereocenters. The van der Waals surface area contributed by atoms with Crippen LogP contribution >= 0.6 is 23.1 Å². The number of ether oxygens (including phenoxy) is 1. The molecule has 10 heteroatoms. The number of thioether (sulfide) groups is 1. The van der Waals surface area contributed by atoms with Gasteiger partial charge in [0, 0.05) is 40.6 Å². The first-order chi connectivity index (χ1) is 18.5. The number of nitrogens with one attached hydrogen (secondary N) is 3. The lowest BCUT2D eigenvalue weighted by Gasteiger charge is -2.27. The van der Waals surface area contributed by atoms with E-state index in [-0.39, 0.29) is 23.5 Å². The summed E-state index contributed by atoms with van der Waals surface area (Å²) in [6.07, 6.45) is 0. The van der Waals surface area contributed by atoms with E-state index < -0.39 is 5.92 Å². The number of carbonyl (C=O) groups excluding carboxylic acids is 3. The van der Waals surface area contributed by atoms with Gasteiger partial charge in [0.2, 0.25) is 17.7 Å². The van der Waals surface area contributed by atoms with Crippen molar-refractivity contribution >= 4 is 57.3 Å². The highest BCUT2D eigenvalue weighted by molar-refractivity contribution is 7.99. The van der Waals surface area contributed by atoms with Gasteiger partial charge < -0.3 is 20.7 Å². The Kier molecular flexibility index (Phi) is 7.71. The fourth-order valence-electron chi connectivity index (χ4n) is 4.09. The van der Waals surface area contributed by atoms with Crippen LogP contribution < -0.4 is 20.7 Å². The van der Waals surface area contributed by atoms with Crippen LogP contribution in [0.4, 0.5) is 16.5 Å². The molecule has 3 amide bonds. The van der Waals surface area contributed by atoms with Gasteiger partial charge >= 0.3 is 0 Å². The van der Waals surface area contributed by atoms with Gasteiger partial charge in [-0.25, -0.2) is 4.98 Å². The molecule has 0 fully saturated rings. The first kappa shape index (κ1) is 25.5. The zero-order valence-corrected chi connectivity index (χ0v) is 22.0. The second-order valence-corrected chi connectivity index (χ2v) is 10.4. The number of hydrogen-bond acceptors (Lipinski definition) is 7. The van der Waals surface area contributed by atoms with Gasteiger partial charge in [0.15, 0.2) is 5.13 Å². The highest BCUT2D eigenvalue weighted by Gasteiger charge is 2.32. The third kappa shape index (κ3) is 6.04. The molecule has 1 aliphatic heterocycles. The van der Waals surface area contributed by atoms with Crippen LogP contribution in [0.1, 0.15) is 29.7 Å². The van der Waals surface area contributed by atoms with Crippen molar-refractivity contribution in [3.05, 3.63) is 95.0 Å². The molecule has 0 saturated heterocycles. The predicted molar refractivity (Wildman–Crippen MR) is 151 cm³/mol. The highest BCUT2D eigenvalue weighted by atomic mass is 32.2. The number of anilines is 3. The van der Waals surface area contributed by atoms with Gasteiger partial charge in [0.1, 0.15) is 11.5 Å². The predicted octanol–water partition coefficient (Wildman–Crippen LogP) is 5.85. The zero-order chi connectivity index (χ0) is 26.5. The van der Waals surface area contributed by atoms with Gasteiger partial charge in [-0.05, 0) is 36.4 Å². The molecular formula is C28H24N4O4S2. The molecule has 1 aliphatic rings. The number of aromatic nitrogens is 1. The molecule has 38 heavy (non-hydrogen) atoms. The molecular weight excluding hydrogens is 520 g/mol. The normalized spacial score (nSPS) is 12.0. The minimum Gasteiger partial charge on any atom is -0.457 e. The summed E-state index contributed by atoms with van der Waals surface area (Å²) in [6.45, 7) is 1.44. The van der Waals surface area contributed by atoms with E-state index in [9.17, 15) is 14.4 Å². The number of thiazole rings is 1. The molecule has 0 saturated carbocycles. The summed E-state index contributed by atoms with van der Waals surface area (Å²) >= 11 is 2.79. The Balaban J connectivity index is 1.15. The number of amides is 3. The molecule has 0 spiro atoms. The maximum atomic E-state index is 13.4. The Labute approximate surface area is 227 Å². The van der Waals surface area contributed by atoms with E-state index in [1.807, 2.05) is 53.9 Å². The van der Waals surface area contributed by atoms with Crippen molar-refractivity contribution in [1.82, 2.24) is 4.98 Å². The standard InChI is InChI=1S/C28H24N4O4S2/c1-17(33)29-18-10-12-19(13-11-18)30-25(34)16-37-14-20-15-38-28(31-20)32-27(35)26-21-6-2-4-8-23(21)36-24-9-5-3-7-22(24)26/h2-13,15,26H,14,16H2,1H3,(H,29,33)(H,30,34)(H,31,32,35). The second kappa shape index (κ2) is 11.5. The number of hydrogen-bond donors (Lipinski definition) is 3. The third-order valence-corrected chi connectivity index (χ3v) is 7.47. The van der Waals surface area contributed by atoms with Crippen LogP contribution in [0.3, 0.4) is 0 Å². The van der Waals surface area contributed by atoms with Crippen molar-refractivity contribution in [2.24, 2.45) is 0 Å². The molecule has 1 aromatic heterocycles. The summed E-state index contributed by atoms with van der Waals surface area (Å²) < 4.78 is 5.99. The van der Waals surface area contributed by atoms with E-state index >= 15 is 0 Å². The van der Waals surface area contributed by atoms with Crippen molar-refractivity contribution in [1.29, 1.82) is 0 Å². The molecule has 0 aliphatic carbocycles. The van der Waals surface area contributed by atoms with Gasteiger partial charge in [-0.1, -0.05) is 36.4 Å². The van der Waals surface area contributed by atoms with Crippen LogP contribution in [-0.4, -0.2) is 28.5 Å². The topological polar surface area (TPSA) is 109 Å². The summed E-state index contributed by atoms with van der Waals surface area (Å²) in [5.74, 6) is 1.16. The van der Waals surface area contributed by atoms with Crippen LogP contribution in [0, 0.1) is 0 Å². The van der Waals surface area contributed by atoms with Crippen LogP contribution in [-0.2, 0) is 20.1 Å². The first-order valence-electron chi connectivity index (χ1n) is 11.8. The van der Waals surface area contributed by atoms with Crippen molar-refractivity contribution in [3.63, 3.8) is 0 Å². The first-order valence-corrected chi connectivity index (χ1v) is 13.9. The van der Waals surface area contributed by atoms with Crippen molar-refractivity contribution < 1.29 is 19.1 Å². The number of carbonyl (C=O) groups is 3. The lowest BCUT2D eigenvalue weighted by Crippen LogP contribution is -2.25. The molecule has 192 valence electrons. The smallest absolute Gasteiger partial charge is 0.238 e. The molecule has 0 radical (unpaired) electrons. The fraction of sp³-hybridized carbons (Fsp3) is 0.143. The van der Waals surface area contributed by atoms with Crippen molar-refractivity contribution in [3.8, 4) is 11.5 Å². The van der Waals surface area contributed by atoms with Crippen LogP contribution in [0.25, 0.3) is 0 Å². The maximum Gasteiger partial charge on any atom is 0.238 e. The molecule has 4 aromatic rings. The lowest BCUT2D eigenvalue weighted by atomic mass is 9.87. The zero-order valence-electron chi connectivity index (χ0n) is 20.4. The molecule has 0 atom stereocenters. The summed E-state index contributed by atoms with van der Waals surface area (Å²) in [5, 5.41) is 10.9. The molecule has 0 bridgehead atoms. The Morgan fingerprint density at radius 1 is 0.868 bits per heavy atom. The maximum absolute atomic E-state index is 13.4. The molecule has 5 rings (SSSR count). The minimum absolute atomic E-state index is 0.136. The van der Waals surface area contributed by atoms with Gasteiger partial charge in [-0.3, -0.25) is 14.4 Å². The number of para-hydroxylation sites is 2. The van der Waals surface area contributed by atoms with Crippen LogP contribution in [0.2, 0.25) is 0 Å². The third-order valence-electron chi connectivity index (χ3n) is 5.70. The fourth-order valence-corrected chi connectivity index (χ4v) is 5.62. The van der Waals surface area contributed by atoms with Gasteiger partial charge in [0.05, 0.1) is 17.4 Å². The molecule has 3 aromatic carbocycles. The molecule has 8 nitrogen and oxygen atoms in total. The summed E-state index contributed by atoms with van der Waals surface area (Å²) in [4.78, 5) is 41.3. The Morgan fingerprint density at radius 2 is 1.47 bits per heavy atom. The molecule has 2 heterocycles. The molecule has 3 N–H and O–H groups in total. The Morgan fingerprint density at radius 3 is 2.11 bits per heavy atom. The van der Waals surface area contributed by atoms with E-state index in [1.165, 1.54) is 30.0 Å². The van der Waals surface area contributed by atoms with E-state index in [1.54, 1.807) is 24.3 Å². The average Bonchev–Trinajstić information content (AvgIpc) is 3.34. The number of nitrogens with zero attached hydrogens (tertiary/aromatic N) is 1. The quantitative estimate of drug-likeness (QED) is 0.257. The number of benzene rings is 3. The Bertz CT molecular complexity index is 1440. The highest BCUT2D eigenvalue weighted by Crippen LogP contribution is 2.44. The Hall–Kier alpha value is -4.15. The van der Waals surface area contributed by atoms with E-state index in [0.29, 0.717) is 33.8 Å². The monoisotopic (exact) mass is 544 g/mol. The van der Waals surface area contributed by atoms with Crippen molar-refractivity contribution in [2.75, 3.05) is 21.7 Å². The van der Waals surface area contributed by atoms with Gasteiger partial charge in [-0.2, -0.15) is 0 Å². The van der Waals surface area contributed by atoms with Gasteiger partial charge in [-0.15, -0.1) is 23.1 Å². The summed E-state index contributed by atoms with van der Waals surface area (Å²) in [5.41, 5.74) is 3.73. The van der Waals surface area contributed by atoms with Crippen LogP contribution in [0.5, 0.6) is 11.5 Å². The van der Waals surface area contributed by atoms with E-state index in [4.69, 9.17) is 4.74 Å². The summed E-state index contributed by atoms with van der Waals surface area (Å²) in [6, 6.07) is 22.0. The van der Waals surface area contributed by atoms with E-state index in [0.717, 1.165) is 16.8 Å². The van der Waals surface area contributed by atoms with Crippen molar-refractivity contribution in [2.45, 2.75) is 18.6 Å². The minimum atomic E-state index is -0.506. The summed E-state index contributed by atoms with van der Waals surface area (Å²) in [7, 11) is 0.